The number of methoxy groups -OCH3 is 1. The largest absolute Gasteiger partial charge is 0.497 e. The summed E-state index contributed by atoms with van der Waals surface area (Å²) in [5.41, 5.74) is 4.35. The van der Waals surface area contributed by atoms with E-state index in [4.69, 9.17) is 13.9 Å². The lowest BCUT2D eigenvalue weighted by Gasteiger charge is -2.12. The van der Waals surface area contributed by atoms with Crippen molar-refractivity contribution in [3.8, 4) is 22.6 Å². The highest BCUT2D eigenvalue weighted by molar-refractivity contribution is 7.09. The van der Waals surface area contributed by atoms with Gasteiger partial charge < -0.3 is 19.2 Å². The van der Waals surface area contributed by atoms with Gasteiger partial charge in [0.15, 0.2) is 0 Å². The summed E-state index contributed by atoms with van der Waals surface area (Å²) in [5.74, 6) is 1.33. The molecule has 0 unspecified atom stereocenters. The van der Waals surface area contributed by atoms with Crippen LogP contribution in [0.25, 0.3) is 27.7 Å². The van der Waals surface area contributed by atoms with Crippen LogP contribution in [-0.2, 0) is 11.3 Å². The third-order valence-corrected chi connectivity index (χ3v) is 6.02. The van der Waals surface area contributed by atoms with Crippen molar-refractivity contribution in [1.29, 1.82) is 0 Å². The van der Waals surface area contributed by atoms with Gasteiger partial charge in [-0.25, -0.2) is 0 Å². The smallest absolute Gasteiger partial charge is 0.244 e. The predicted molar refractivity (Wildman–Crippen MR) is 129 cm³/mol. The maximum atomic E-state index is 12.5. The molecular formula is C26H25NO4S. The number of allylic oxidation sites excluding steroid dienone is 1. The summed E-state index contributed by atoms with van der Waals surface area (Å²) in [5, 5.41) is 5.89. The van der Waals surface area contributed by atoms with Crippen molar-refractivity contribution in [2.45, 2.75) is 20.4 Å². The lowest BCUT2D eigenvalue weighted by molar-refractivity contribution is -0.116. The van der Waals surface area contributed by atoms with Gasteiger partial charge in [-0.3, -0.25) is 4.79 Å². The average molecular weight is 448 g/mol. The van der Waals surface area contributed by atoms with E-state index in [1.807, 2.05) is 67.8 Å². The molecule has 4 rings (SSSR count). The summed E-state index contributed by atoms with van der Waals surface area (Å²) in [7, 11) is 1.65. The Morgan fingerprint density at radius 1 is 1.19 bits per heavy atom. The minimum Gasteiger partial charge on any atom is -0.497 e. The van der Waals surface area contributed by atoms with Gasteiger partial charge >= 0.3 is 0 Å². The molecule has 0 spiro atoms. The van der Waals surface area contributed by atoms with E-state index < -0.39 is 0 Å². The number of hydrogen-bond donors (Lipinski definition) is 1. The van der Waals surface area contributed by atoms with Crippen LogP contribution >= 0.6 is 11.3 Å². The molecule has 0 atom stereocenters. The van der Waals surface area contributed by atoms with Crippen LogP contribution in [0, 0.1) is 0 Å². The number of carbonyl (C=O) groups is 1. The highest BCUT2D eigenvalue weighted by Gasteiger charge is 2.15. The van der Waals surface area contributed by atoms with Gasteiger partial charge in [-0.2, -0.15) is 0 Å². The van der Waals surface area contributed by atoms with Crippen LogP contribution in [0.2, 0.25) is 0 Å². The zero-order chi connectivity index (χ0) is 22.5. The first-order valence-corrected chi connectivity index (χ1v) is 11.3. The number of benzene rings is 2. The summed E-state index contributed by atoms with van der Waals surface area (Å²) >= 11 is 1.62. The second kappa shape index (κ2) is 9.75. The summed E-state index contributed by atoms with van der Waals surface area (Å²) in [6, 6.07) is 15.7. The first-order valence-electron chi connectivity index (χ1n) is 10.4. The number of nitrogens with one attached hydrogen (secondary N) is 1. The van der Waals surface area contributed by atoms with Gasteiger partial charge in [0.2, 0.25) is 5.91 Å². The van der Waals surface area contributed by atoms with Gasteiger partial charge in [-0.05, 0) is 54.6 Å². The molecule has 2 aromatic heterocycles. The van der Waals surface area contributed by atoms with Gasteiger partial charge in [0.25, 0.3) is 0 Å². The fourth-order valence-corrected chi connectivity index (χ4v) is 4.21. The minimum atomic E-state index is -0.140. The van der Waals surface area contributed by atoms with Gasteiger partial charge in [-0.1, -0.05) is 18.2 Å². The molecule has 32 heavy (non-hydrogen) atoms. The summed E-state index contributed by atoms with van der Waals surface area (Å²) < 4.78 is 17.1. The predicted octanol–water partition coefficient (Wildman–Crippen LogP) is 6.29. The third kappa shape index (κ3) is 4.70. The quantitative estimate of drug-likeness (QED) is 0.323. The van der Waals surface area contributed by atoms with Gasteiger partial charge in [0, 0.05) is 33.5 Å². The molecule has 0 saturated carbocycles. The first kappa shape index (κ1) is 21.7. The van der Waals surface area contributed by atoms with Crippen LogP contribution in [0.15, 0.2) is 70.7 Å². The maximum Gasteiger partial charge on any atom is 0.244 e. The number of rotatable bonds is 8. The first-order chi connectivity index (χ1) is 15.6. The van der Waals surface area contributed by atoms with E-state index in [1.54, 1.807) is 30.8 Å². The second-order valence-electron chi connectivity index (χ2n) is 7.28. The van der Waals surface area contributed by atoms with Gasteiger partial charge in [0.05, 0.1) is 26.5 Å². The highest BCUT2D eigenvalue weighted by Crippen LogP contribution is 2.38. The standard InChI is InChI=1S/C26H25NO4S/c1-4-30-24-14-25-22(23(16-31-25)18-7-5-8-19(12-18)29-3)13-21(24)17(2)11-26(28)27-15-20-9-6-10-32-20/h5-14,16H,4,15H2,1-3H3,(H,27,28)/b17-11+. The number of fused-ring (bicyclic) bond motifs is 1. The fraction of sp³-hybridized carbons (Fsp3) is 0.192. The molecule has 0 aliphatic heterocycles. The summed E-state index contributed by atoms with van der Waals surface area (Å²) in [6.45, 7) is 4.88. The number of amides is 1. The molecule has 0 aliphatic carbocycles. The zero-order valence-corrected chi connectivity index (χ0v) is 19.1. The Balaban J connectivity index is 1.69. The number of ether oxygens (including phenoxy) is 2. The van der Waals surface area contributed by atoms with Crippen LogP contribution in [0.3, 0.4) is 0 Å². The van der Waals surface area contributed by atoms with Crippen molar-refractivity contribution in [1.82, 2.24) is 5.32 Å². The van der Waals surface area contributed by atoms with E-state index in [2.05, 4.69) is 5.32 Å². The molecule has 2 heterocycles. The van der Waals surface area contributed by atoms with Crippen molar-refractivity contribution in [3.63, 3.8) is 0 Å². The highest BCUT2D eigenvalue weighted by atomic mass is 32.1. The molecule has 1 amide bonds. The van der Waals surface area contributed by atoms with E-state index in [0.717, 1.165) is 43.9 Å². The normalized spacial score (nSPS) is 11.5. The number of carbonyl (C=O) groups excluding carboxylic acids is 1. The van der Waals surface area contributed by atoms with E-state index in [-0.39, 0.29) is 5.91 Å². The number of furan rings is 1. The number of hydrogen-bond acceptors (Lipinski definition) is 5. The lowest BCUT2D eigenvalue weighted by atomic mass is 9.99. The van der Waals surface area contributed by atoms with Crippen molar-refractivity contribution in [3.05, 3.63) is 76.7 Å². The third-order valence-electron chi connectivity index (χ3n) is 5.15. The van der Waals surface area contributed by atoms with Crippen LogP contribution in [0.1, 0.15) is 24.3 Å². The van der Waals surface area contributed by atoms with Gasteiger partial charge in [-0.15, -0.1) is 11.3 Å². The van der Waals surface area contributed by atoms with Crippen LogP contribution in [-0.4, -0.2) is 19.6 Å². The van der Waals surface area contributed by atoms with Crippen molar-refractivity contribution in [2.24, 2.45) is 0 Å². The Hall–Kier alpha value is -3.51. The molecule has 4 aromatic rings. The molecule has 0 aliphatic rings. The molecule has 1 N–H and O–H groups in total. The number of thiophene rings is 1. The molecular weight excluding hydrogens is 422 g/mol. The van der Waals surface area contributed by atoms with Crippen molar-refractivity contribution in [2.75, 3.05) is 13.7 Å². The van der Waals surface area contributed by atoms with E-state index in [1.165, 1.54) is 0 Å². The topological polar surface area (TPSA) is 60.7 Å². The Morgan fingerprint density at radius 3 is 2.81 bits per heavy atom. The van der Waals surface area contributed by atoms with Crippen LogP contribution in [0.5, 0.6) is 11.5 Å². The Bertz CT molecular complexity index is 1250. The minimum absolute atomic E-state index is 0.140. The lowest BCUT2D eigenvalue weighted by Crippen LogP contribution is -2.20. The molecule has 6 heteroatoms. The SMILES string of the molecule is CCOc1cc2occ(-c3cccc(OC)c3)c2cc1/C(C)=C/C(=O)NCc1cccs1. The molecule has 164 valence electrons. The summed E-state index contributed by atoms with van der Waals surface area (Å²) in [6.07, 6.45) is 3.36. The van der Waals surface area contributed by atoms with E-state index >= 15 is 0 Å². The fourth-order valence-electron chi connectivity index (χ4n) is 3.57. The monoisotopic (exact) mass is 447 g/mol. The molecule has 0 fully saturated rings. The molecule has 0 saturated heterocycles. The molecule has 5 nitrogen and oxygen atoms in total. The zero-order valence-electron chi connectivity index (χ0n) is 18.3. The second-order valence-corrected chi connectivity index (χ2v) is 8.32. The van der Waals surface area contributed by atoms with E-state index in [9.17, 15) is 4.79 Å². The van der Waals surface area contributed by atoms with Crippen LogP contribution < -0.4 is 14.8 Å². The Morgan fingerprint density at radius 2 is 2.06 bits per heavy atom. The van der Waals surface area contributed by atoms with Crippen molar-refractivity contribution >= 4 is 33.8 Å². The molecule has 0 radical (unpaired) electrons. The average Bonchev–Trinajstić information content (AvgIpc) is 3.47. The van der Waals surface area contributed by atoms with E-state index in [0.29, 0.717) is 18.9 Å². The Kier molecular flexibility index (Phi) is 6.61. The molecule has 0 bridgehead atoms. The molecule has 2 aromatic carbocycles. The maximum absolute atomic E-state index is 12.5. The van der Waals surface area contributed by atoms with Crippen LogP contribution in [0.4, 0.5) is 0 Å². The Labute approximate surface area is 191 Å². The summed E-state index contributed by atoms with van der Waals surface area (Å²) in [4.78, 5) is 13.6. The van der Waals surface area contributed by atoms with Crippen molar-refractivity contribution < 1.29 is 18.7 Å². The van der Waals surface area contributed by atoms with Gasteiger partial charge in [0.1, 0.15) is 17.1 Å².